The fourth-order valence-electron chi connectivity index (χ4n) is 2.85. The maximum absolute atomic E-state index is 12.3. The SMILES string of the molecule is CCOC(=O)CNC(=O)N[C@@H]1CC(=O)N(c2ccc3c(c2)OCCO3)C1. The van der Waals surface area contributed by atoms with Crippen LogP contribution in [-0.2, 0) is 14.3 Å². The highest BCUT2D eigenvalue weighted by Gasteiger charge is 2.32. The lowest BCUT2D eigenvalue weighted by molar-refractivity contribution is -0.141. The molecule has 2 aliphatic heterocycles. The molecule has 0 bridgehead atoms. The number of urea groups is 1. The van der Waals surface area contributed by atoms with E-state index in [9.17, 15) is 14.4 Å². The van der Waals surface area contributed by atoms with Gasteiger partial charge < -0.3 is 29.7 Å². The molecule has 1 aromatic rings. The van der Waals surface area contributed by atoms with E-state index in [0.717, 1.165) is 0 Å². The zero-order valence-corrected chi connectivity index (χ0v) is 14.4. The van der Waals surface area contributed by atoms with Crippen molar-refractivity contribution in [1.29, 1.82) is 0 Å². The first-order valence-electron chi connectivity index (χ1n) is 8.47. The van der Waals surface area contributed by atoms with Crippen molar-refractivity contribution >= 4 is 23.6 Å². The molecule has 0 radical (unpaired) electrons. The van der Waals surface area contributed by atoms with Gasteiger partial charge in [-0.15, -0.1) is 0 Å². The minimum atomic E-state index is -0.514. The molecule has 26 heavy (non-hydrogen) atoms. The zero-order valence-electron chi connectivity index (χ0n) is 14.4. The van der Waals surface area contributed by atoms with Gasteiger partial charge in [-0.2, -0.15) is 0 Å². The van der Waals surface area contributed by atoms with Gasteiger partial charge in [-0.05, 0) is 19.1 Å². The molecule has 1 fully saturated rings. The molecule has 3 amide bonds. The minimum absolute atomic E-state index is 0.0997. The Balaban J connectivity index is 1.55. The van der Waals surface area contributed by atoms with Crippen molar-refractivity contribution in [1.82, 2.24) is 10.6 Å². The molecule has 0 unspecified atom stereocenters. The van der Waals surface area contributed by atoms with Crippen molar-refractivity contribution in [3.63, 3.8) is 0 Å². The van der Waals surface area contributed by atoms with E-state index < -0.39 is 12.0 Å². The lowest BCUT2D eigenvalue weighted by Gasteiger charge is -2.22. The van der Waals surface area contributed by atoms with Crippen LogP contribution in [0.3, 0.4) is 0 Å². The second-order valence-electron chi connectivity index (χ2n) is 5.87. The van der Waals surface area contributed by atoms with E-state index in [1.807, 2.05) is 0 Å². The normalized spacial score (nSPS) is 18.4. The summed E-state index contributed by atoms with van der Waals surface area (Å²) in [5.74, 6) is 0.644. The molecule has 9 nitrogen and oxygen atoms in total. The fourth-order valence-corrected chi connectivity index (χ4v) is 2.85. The summed E-state index contributed by atoms with van der Waals surface area (Å²) in [4.78, 5) is 37.0. The number of rotatable bonds is 5. The van der Waals surface area contributed by atoms with Gasteiger partial charge in [-0.25, -0.2) is 4.79 Å². The van der Waals surface area contributed by atoms with Crippen LogP contribution in [0, 0.1) is 0 Å². The molecule has 0 aromatic heterocycles. The quantitative estimate of drug-likeness (QED) is 0.735. The Morgan fingerprint density at radius 1 is 1.27 bits per heavy atom. The summed E-state index contributed by atoms with van der Waals surface area (Å²) in [7, 11) is 0. The van der Waals surface area contributed by atoms with Gasteiger partial charge in [0.25, 0.3) is 0 Å². The summed E-state index contributed by atoms with van der Waals surface area (Å²) in [5.41, 5.74) is 0.690. The van der Waals surface area contributed by atoms with Crippen LogP contribution in [0.1, 0.15) is 13.3 Å². The summed E-state index contributed by atoms with van der Waals surface area (Å²) >= 11 is 0. The molecule has 3 rings (SSSR count). The largest absolute Gasteiger partial charge is 0.486 e. The summed E-state index contributed by atoms with van der Waals surface area (Å²) < 4.78 is 15.7. The van der Waals surface area contributed by atoms with Crippen molar-refractivity contribution < 1.29 is 28.6 Å². The number of nitrogens with zero attached hydrogens (tertiary/aromatic N) is 1. The molecule has 0 spiro atoms. The van der Waals surface area contributed by atoms with Crippen molar-refractivity contribution in [2.45, 2.75) is 19.4 Å². The smallest absolute Gasteiger partial charge is 0.325 e. The van der Waals surface area contributed by atoms with Gasteiger partial charge in [0.2, 0.25) is 5.91 Å². The lowest BCUT2D eigenvalue weighted by Crippen LogP contribution is -2.45. The predicted molar refractivity (Wildman–Crippen MR) is 91.4 cm³/mol. The highest BCUT2D eigenvalue weighted by molar-refractivity contribution is 5.97. The lowest BCUT2D eigenvalue weighted by atomic mass is 10.2. The van der Waals surface area contributed by atoms with E-state index >= 15 is 0 Å². The van der Waals surface area contributed by atoms with Gasteiger partial charge in [0, 0.05) is 24.7 Å². The molecular weight excluding hydrogens is 342 g/mol. The monoisotopic (exact) mass is 363 g/mol. The molecule has 0 saturated carbocycles. The van der Waals surface area contributed by atoms with Crippen LogP contribution in [0.4, 0.5) is 10.5 Å². The second-order valence-corrected chi connectivity index (χ2v) is 5.87. The average molecular weight is 363 g/mol. The number of benzene rings is 1. The second kappa shape index (κ2) is 7.94. The van der Waals surface area contributed by atoms with Crippen LogP contribution in [0.2, 0.25) is 0 Å². The highest BCUT2D eigenvalue weighted by Crippen LogP contribution is 2.35. The number of carbonyl (C=O) groups excluding carboxylic acids is 3. The third kappa shape index (κ3) is 4.16. The molecule has 9 heteroatoms. The van der Waals surface area contributed by atoms with Crippen molar-refractivity contribution in [2.24, 2.45) is 0 Å². The molecule has 2 N–H and O–H groups in total. The standard InChI is InChI=1S/C17H21N3O6/c1-2-24-16(22)9-18-17(23)19-11-7-15(21)20(10-11)12-3-4-13-14(8-12)26-6-5-25-13/h3-4,8,11H,2,5-7,9-10H2,1H3,(H2,18,19,23)/t11-/m1/s1. The van der Waals surface area contributed by atoms with E-state index in [1.165, 1.54) is 0 Å². The number of nitrogens with one attached hydrogen (secondary N) is 2. The Kier molecular flexibility index (Phi) is 5.45. The van der Waals surface area contributed by atoms with E-state index in [0.29, 0.717) is 36.9 Å². The Labute approximate surface area is 150 Å². The first-order valence-corrected chi connectivity index (χ1v) is 8.47. The number of fused-ring (bicyclic) bond motifs is 1. The van der Waals surface area contributed by atoms with E-state index in [2.05, 4.69) is 10.6 Å². The van der Waals surface area contributed by atoms with Crippen LogP contribution < -0.4 is 25.0 Å². The summed E-state index contributed by atoms with van der Waals surface area (Å²) in [5, 5.41) is 5.11. The number of carbonyl (C=O) groups is 3. The summed E-state index contributed by atoms with van der Waals surface area (Å²) in [6, 6.07) is 4.45. The van der Waals surface area contributed by atoms with Crippen LogP contribution in [0.5, 0.6) is 11.5 Å². The maximum atomic E-state index is 12.3. The molecule has 1 atom stereocenters. The average Bonchev–Trinajstić information content (AvgIpc) is 3.00. The minimum Gasteiger partial charge on any atom is -0.486 e. The van der Waals surface area contributed by atoms with Crippen LogP contribution in [-0.4, -0.2) is 56.9 Å². The Morgan fingerprint density at radius 2 is 2.04 bits per heavy atom. The molecule has 2 aliphatic rings. The van der Waals surface area contributed by atoms with Crippen molar-refractivity contribution in [3.05, 3.63) is 18.2 Å². The molecule has 1 saturated heterocycles. The maximum Gasteiger partial charge on any atom is 0.325 e. The number of hydrogen-bond acceptors (Lipinski definition) is 6. The van der Waals surface area contributed by atoms with Crippen molar-refractivity contribution in [3.8, 4) is 11.5 Å². The highest BCUT2D eigenvalue weighted by atomic mass is 16.6. The number of esters is 1. The predicted octanol–water partition coefficient (Wildman–Crippen LogP) is 0.425. The number of anilines is 1. The number of ether oxygens (including phenoxy) is 3. The Morgan fingerprint density at radius 3 is 2.81 bits per heavy atom. The van der Waals surface area contributed by atoms with Crippen molar-refractivity contribution in [2.75, 3.05) is 37.8 Å². The Bertz CT molecular complexity index is 708. The summed E-state index contributed by atoms with van der Waals surface area (Å²) in [6.45, 7) is 3.03. The van der Waals surface area contributed by atoms with Crippen LogP contribution in [0.15, 0.2) is 18.2 Å². The number of amides is 3. The fraction of sp³-hybridized carbons (Fsp3) is 0.471. The molecule has 140 valence electrons. The molecule has 0 aliphatic carbocycles. The van der Waals surface area contributed by atoms with Gasteiger partial charge in [0.15, 0.2) is 11.5 Å². The zero-order chi connectivity index (χ0) is 18.5. The van der Waals surface area contributed by atoms with Gasteiger partial charge >= 0.3 is 12.0 Å². The van der Waals surface area contributed by atoms with E-state index in [1.54, 1.807) is 30.0 Å². The van der Waals surface area contributed by atoms with Crippen LogP contribution in [0.25, 0.3) is 0 Å². The molecular formula is C17H21N3O6. The first kappa shape index (κ1) is 17.8. The van der Waals surface area contributed by atoms with Gasteiger partial charge in [-0.1, -0.05) is 0 Å². The van der Waals surface area contributed by atoms with Crippen LogP contribution >= 0.6 is 0 Å². The molecule has 2 heterocycles. The summed E-state index contributed by atoms with van der Waals surface area (Å²) in [6.07, 6.45) is 0.182. The van der Waals surface area contributed by atoms with Gasteiger partial charge in [0.05, 0.1) is 12.6 Å². The van der Waals surface area contributed by atoms with E-state index in [4.69, 9.17) is 14.2 Å². The van der Waals surface area contributed by atoms with Gasteiger partial charge in [-0.3, -0.25) is 9.59 Å². The number of hydrogen-bond donors (Lipinski definition) is 2. The Hall–Kier alpha value is -2.97. The molecule has 1 aromatic carbocycles. The topological polar surface area (TPSA) is 106 Å². The van der Waals surface area contributed by atoms with E-state index in [-0.39, 0.29) is 31.5 Å². The van der Waals surface area contributed by atoms with Gasteiger partial charge in [0.1, 0.15) is 19.8 Å². The third-order valence-electron chi connectivity index (χ3n) is 4.00. The first-order chi connectivity index (χ1) is 12.6. The third-order valence-corrected chi connectivity index (χ3v) is 4.00.